The van der Waals surface area contributed by atoms with Crippen LogP contribution in [-0.4, -0.2) is 36.3 Å². The van der Waals surface area contributed by atoms with Gasteiger partial charge in [0.25, 0.3) is 11.8 Å². The molecule has 0 radical (unpaired) electrons. The van der Waals surface area contributed by atoms with E-state index in [1.807, 2.05) is 0 Å². The number of carbonyl (C=O) groups excluding carboxylic acids is 2. The molecule has 2 amide bonds. The van der Waals surface area contributed by atoms with Gasteiger partial charge in [-0.15, -0.1) is 12.4 Å². The Hall–Kier alpha value is -2.84. The van der Waals surface area contributed by atoms with Crippen molar-refractivity contribution in [1.29, 1.82) is 5.41 Å². The molecule has 1 aromatic heterocycles. The Balaban J connectivity index is 0.00000364. The zero-order valence-electron chi connectivity index (χ0n) is 14.4. The highest BCUT2D eigenvalue weighted by molar-refractivity contribution is 6.30. The zero-order chi connectivity index (χ0) is 19.1. The molecule has 0 unspecified atom stereocenters. The van der Waals surface area contributed by atoms with Gasteiger partial charge in [-0.1, -0.05) is 23.7 Å². The molecule has 0 atom stereocenters. The second-order valence-corrected chi connectivity index (χ2v) is 5.71. The normalized spacial score (nSPS) is 9.70. The van der Waals surface area contributed by atoms with E-state index >= 15 is 0 Å². The van der Waals surface area contributed by atoms with Gasteiger partial charge in [-0.3, -0.25) is 20.0 Å². The van der Waals surface area contributed by atoms with E-state index in [0.717, 1.165) is 0 Å². The summed E-state index contributed by atoms with van der Waals surface area (Å²) < 4.78 is 5.49. The molecule has 0 spiro atoms. The molecule has 2 aromatic rings. The molecular weight excluding hydrogens is 393 g/mol. The molecule has 5 N–H and O–H groups in total. The molecule has 2 rings (SSSR count). The number of amidine groups is 1. The summed E-state index contributed by atoms with van der Waals surface area (Å²) in [6.45, 7) is -0.0520. The zero-order valence-corrected chi connectivity index (χ0v) is 16.0. The van der Waals surface area contributed by atoms with Crippen LogP contribution in [0.5, 0.6) is 5.75 Å². The number of aromatic nitrogens is 1. The third-order valence-corrected chi connectivity index (χ3v) is 3.63. The number of nitrogens with zero attached hydrogens (tertiary/aromatic N) is 1. The lowest BCUT2D eigenvalue weighted by molar-refractivity contribution is -0.122. The number of pyridine rings is 1. The van der Waals surface area contributed by atoms with Crippen molar-refractivity contribution in [2.24, 2.45) is 5.73 Å². The lowest BCUT2D eigenvalue weighted by atomic mass is 10.1. The summed E-state index contributed by atoms with van der Waals surface area (Å²) >= 11 is 5.83. The maximum atomic E-state index is 12.2. The maximum absolute atomic E-state index is 12.2. The Morgan fingerprint density at radius 2 is 2.00 bits per heavy atom. The Morgan fingerprint density at radius 1 is 1.26 bits per heavy atom. The van der Waals surface area contributed by atoms with Crippen LogP contribution in [0.1, 0.15) is 21.5 Å². The third kappa shape index (κ3) is 6.43. The van der Waals surface area contributed by atoms with E-state index in [1.54, 1.807) is 18.2 Å². The van der Waals surface area contributed by atoms with Crippen LogP contribution in [0.25, 0.3) is 0 Å². The third-order valence-electron chi connectivity index (χ3n) is 3.42. The van der Waals surface area contributed by atoms with E-state index in [-0.39, 0.29) is 43.2 Å². The second kappa shape index (κ2) is 10.3. The van der Waals surface area contributed by atoms with Gasteiger partial charge in [0.15, 0.2) is 6.61 Å². The molecule has 0 fully saturated rings. The minimum absolute atomic E-state index is 0. The maximum Gasteiger partial charge on any atom is 0.257 e. The number of hydrogen-bond acceptors (Lipinski definition) is 5. The van der Waals surface area contributed by atoms with Crippen molar-refractivity contribution in [3.05, 3.63) is 58.4 Å². The van der Waals surface area contributed by atoms with Crippen molar-refractivity contribution in [3.8, 4) is 5.75 Å². The standard InChI is InChI=1S/C17H18ClN5O3.ClH/c1-21-15(24)9-26-14-5-10(16(19)20)2-3-11(14)7-23-17(25)12-4-13(18)8-22-6-12;/h2-6,8H,7,9H2,1H3,(H3,19,20)(H,21,24)(H,23,25);1H. The average Bonchev–Trinajstić information content (AvgIpc) is 2.64. The van der Waals surface area contributed by atoms with Crippen LogP contribution in [0.2, 0.25) is 5.02 Å². The molecule has 8 nitrogen and oxygen atoms in total. The predicted octanol–water partition coefficient (Wildman–Crippen LogP) is 1.50. The van der Waals surface area contributed by atoms with Crippen LogP contribution in [0, 0.1) is 5.41 Å². The van der Waals surface area contributed by atoms with E-state index in [2.05, 4.69) is 15.6 Å². The van der Waals surface area contributed by atoms with E-state index in [0.29, 0.717) is 27.5 Å². The molecule has 1 heterocycles. The molecule has 144 valence electrons. The first kappa shape index (κ1) is 22.2. The Morgan fingerprint density at radius 3 is 2.63 bits per heavy atom. The summed E-state index contributed by atoms with van der Waals surface area (Å²) in [6, 6.07) is 6.36. The van der Waals surface area contributed by atoms with Gasteiger partial charge in [0.1, 0.15) is 11.6 Å². The highest BCUT2D eigenvalue weighted by Crippen LogP contribution is 2.21. The van der Waals surface area contributed by atoms with Crippen molar-refractivity contribution in [1.82, 2.24) is 15.6 Å². The number of nitrogens with two attached hydrogens (primary N) is 1. The number of amides is 2. The minimum atomic E-state index is -0.354. The van der Waals surface area contributed by atoms with Gasteiger partial charge in [-0.05, 0) is 12.1 Å². The van der Waals surface area contributed by atoms with Crippen LogP contribution < -0.4 is 21.1 Å². The summed E-state index contributed by atoms with van der Waals surface area (Å²) in [5.41, 5.74) is 6.89. The van der Waals surface area contributed by atoms with Crippen molar-refractivity contribution >= 4 is 41.7 Å². The fraction of sp³-hybridized carbons (Fsp3) is 0.176. The number of hydrogen-bond donors (Lipinski definition) is 4. The smallest absolute Gasteiger partial charge is 0.257 e. The second-order valence-electron chi connectivity index (χ2n) is 5.27. The van der Waals surface area contributed by atoms with Crippen molar-refractivity contribution in [2.75, 3.05) is 13.7 Å². The van der Waals surface area contributed by atoms with Gasteiger partial charge in [0.05, 0.1) is 10.6 Å². The number of nitrogen functional groups attached to an aromatic ring is 1. The number of ether oxygens (including phenoxy) is 1. The molecular formula is C17H19Cl2N5O3. The Kier molecular flexibility index (Phi) is 8.50. The minimum Gasteiger partial charge on any atom is -0.483 e. The first-order valence-electron chi connectivity index (χ1n) is 7.60. The van der Waals surface area contributed by atoms with Crippen LogP contribution in [0.15, 0.2) is 36.7 Å². The van der Waals surface area contributed by atoms with Gasteiger partial charge in [0, 0.05) is 37.1 Å². The Labute approximate surface area is 167 Å². The molecule has 0 aliphatic heterocycles. The van der Waals surface area contributed by atoms with E-state index < -0.39 is 0 Å². The summed E-state index contributed by atoms with van der Waals surface area (Å²) in [5.74, 6) is -0.438. The molecule has 0 saturated heterocycles. The molecule has 0 aliphatic rings. The number of rotatable bonds is 7. The van der Waals surface area contributed by atoms with Gasteiger partial charge in [-0.2, -0.15) is 0 Å². The molecule has 0 bridgehead atoms. The van der Waals surface area contributed by atoms with Crippen LogP contribution in [0.3, 0.4) is 0 Å². The number of carbonyl (C=O) groups is 2. The monoisotopic (exact) mass is 411 g/mol. The summed E-state index contributed by atoms with van der Waals surface area (Å²) in [4.78, 5) is 27.5. The van der Waals surface area contributed by atoms with Crippen molar-refractivity contribution in [3.63, 3.8) is 0 Å². The lowest BCUT2D eigenvalue weighted by Crippen LogP contribution is -2.26. The first-order chi connectivity index (χ1) is 12.4. The first-order valence-corrected chi connectivity index (χ1v) is 7.98. The predicted molar refractivity (Wildman–Crippen MR) is 105 cm³/mol. The summed E-state index contributed by atoms with van der Waals surface area (Å²) in [5, 5.41) is 13.1. The fourth-order valence-electron chi connectivity index (χ4n) is 2.03. The lowest BCUT2D eigenvalue weighted by Gasteiger charge is -2.13. The van der Waals surface area contributed by atoms with Crippen molar-refractivity contribution < 1.29 is 14.3 Å². The number of halogens is 2. The molecule has 1 aromatic carbocycles. The number of nitrogens with one attached hydrogen (secondary N) is 3. The van der Waals surface area contributed by atoms with Gasteiger partial charge < -0.3 is 21.1 Å². The van der Waals surface area contributed by atoms with Crippen LogP contribution in [0.4, 0.5) is 0 Å². The van der Waals surface area contributed by atoms with Crippen LogP contribution >= 0.6 is 24.0 Å². The van der Waals surface area contributed by atoms with E-state index in [9.17, 15) is 9.59 Å². The number of likely N-dealkylation sites (N-methyl/N-ethyl adjacent to an activating group) is 1. The average molecular weight is 412 g/mol. The number of benzene rings is 1. The Bertz CT molecular complexity index is 845. The summed E-state index contributed by atoms with van der Waals surface area (Å²) in [7, 11) is 1.50. The molecule has 10 heteroatoms. The molecule has 27 heavy (non-hydrogen) atoms. The molecule has 0 saturated carbocycles. The largest absolute Gasteiger partial charge is 0.483 e. The van der Waals surface area contributed by atoms with E-state index in [4.69, 9.17) is 27.5 Å². The van der Waals surface area contributed by atoms with Gasteiger partial charge >= 0.3 is 0 Å². The fourth-order valence-corrected chi connectivity index (χ4v) is 2.21. The van der Waals surface area contributed by atoms with Crippen LogP contribution in [-0.2, 0) is 11.3 Å². The van der Waals surface area contributed by atoms with Gasteiger partial charge in [0.2, 0.25) is 0 Å². The highest BCUT2D eigenvalue weighted by Gasteiger charge is 2.12. The molecule has 0 aliphatic carbocycles. The van der Waals surface area contributed by atoms with E-state index in [1.165, 1.54) is 25.5 Å². The van der Waals surface area contributed by atoms with Gasteiger partial charge in [-0.25, -0.2) is 0 Å². The highest BCUT2D eigenvalue weighted by atomic mass is 35.5. The topological polar surface area (TPSA) is 130 Å². The summed E-state index contributed by atoms with van der Waals surface area (Å²) in [6.07, 6.45) is 2.84. The quantitative estimate of drug-likeness (QED) is 0.405. The van der Waals surface area contributed by atoms with Crippen molar-refractivity contribution in [2.45, 2.75) is 6.54 Å². The SMILES string of the molecule is CNC(=O)COc1cc(C(=N)N)ccc1CNC(=O)c1cncc(Cl)c1.Cl.